The Morgan fingerprint density at radius 2 is 1.79 bits per heavy atom. The lowest BCUT2D eigenvalue weighted by atomic mass is 10.0. The average molecular weight is 397 g/mol. The molecule has 1 fully saturated rings. The van der Waals surface area contributed by atoms with E-state index in [9.17, 15) is 4.79 Å². The van der Waals surface area contributed by atoms with Crippen LogP contribution in [0.1, 0.15) is 79.6 Å². The molecular weight excluding hydrogens is 352 g/mol. The number of carbonyl (C=O) groups is 1. The van der Waals surface area contributed by atoms with Gasteiger partial charge in [-0.3, -0.25) is 9.79 Å². The van der Waals surface area contributed by atoms with Gasteiger partial charge in [0.2, 0.25) is 0 Å². The van der Waals surface area contributed by atoms with E-state index in [4.69, 9.17) is 4.74 Å². The van der Waals surface area contributed by atoms with Crippen molar-refractivity contribution in [3.05, 3.63) is 0 Å². The van der Waals surface area contributed by atoms with Crippen LogP contribution in [0.4, 0.5) is 0 Å². The molecule has 6 heteroatoms. The molecule has 1 aliphatic heterocycles. The molecule has 164 valence electrons. The van der Waals surface area contributed by atoms with Gasteiger partial charge in [-0.05, 0) is 52.4 Å². The lowest BCUT2D eigenvalue weighted by Gasteiger charge is -2.34. The average Bonchev–Trinajstić information content (AvgIpc) is 2.59. The van der Waals surface area contributed by atoms with Gasteiger partial charge in [0.1, 0.15) is 5.60 Å². The zero-order valence-corrected chi connectivity index (χ0v) is 19.1. The van der Waals surface area contributed by atoms with Gasteiger partial charge in [0.25, 0.3) is 0 Å². The topological polar surface area (TPSA) is 66.0 Å². The molecule has 6 nitrogen and oxygen atoms in total. The highest BCUT2D eigenvalue weighted by atomic mass is 16.6. The Labute approximate surface area is 172 Å². The molecule has 0 saturated carbocycles. The monoisotopic (exact) mass is 396 g/mol. The number of rotatable bonds is 10. The number of ether oxygens (including phenoxy) is 1. The molecule has 1 heterocycles. The molecule has 0 unspecified atom stereocenters. The van der Waals surface area contributed by atoms with Crippen LogP contribution in [0, 0.1) is 5.92 Å². The van der Waals surface area contributed by atoms with Crippen LogP contribution in [0.15, 0.2) is 4.99 Å². The van der Waals surface area contributed by atoms with Crippen LogP contribution < -0.4 is 10.6 Å². The molecule has 28 heavy (non-hydrogen) atoms. The maximum atomic E-state index is 11.7. The number of nitrogens with zero attached hydrogens (tertiary/aromatic N) is 2. The first-order valence-corrected chi connectivity index (χ1v) is 11.1. The number of hydrogen-bond acceptors (Lipinski definition) is 4. The van der Waals surface area contributed by atoms with E-state index in [2.05, 4.69) is 34.4 Å². The van der Waals surface area contributed by atoms with E-state index >= 15 is 0 Å². The van der Waals surface area contributed by atoms with Crippen molar-refractivity contribution in [1.82, 2.24) is 15.5 Å². The third-order valence-corrected chi connectivity index (χ3v) is 4.80. The molecule has 0 atom stereocenters. The van der Waals surface area contributed by atoms with E-state index in [1.807, 2.05) is 27.8 Å². The van der Waals surface area contributed by atoms with Crippen molar-refractivity contribution < 1.29 is 9.53 Å². The number of esters is 1. The number of nitrogens with one attached hydrogen (secondary N) is 2. The molecule has 0 aromatic heterocycles. The standard InChI is InChI=1S/C22H44N4O2/c1-18(2)17-26-15-12-19(13-16-26)25-21(23-6)24-14-10-8-7-9-11-20(27)28-22(3,4)5/h18-19H,7-17H2,1-6H3,(H2,23,24,25). The van der Waals surface area contributed by atoms with Gasteiger partial charge in [-0.2, -0.15) is 0 Å². The highest BCUT2D eigenvalue weighted by Crippen LogP contribution is 2.12. The lowest BCUT2D eigenvalue weighted by molar-refractivity contribution is -0.154. The molecule has 0 amide bonds. The molecule has 0 aromatic carbocycles. The number of likely N-dealkylation sites (tertiary alicyclic amines) is 1. The number of hydrogen-bond donors (Lipinski definition) is 2. The molecule has 0 bridgehead atoms. The summed E-state index contributed by atoms with van der Waals surface area (Å²) in [5.74, 6) is 1.56. The number of guanidine groups is 1. The van der Waals surface area contributed by atoms with Crippen molar-refractivity contribution >= 4 is 11.9 Å². The molecule has 1 aliphatic rings. The van der Waals surface area contributed by atoms with Crippen molar-refractivity contribution in [2.75, 3.05) is 33.2 Å². The van der Waals surface area contributed by atoms with Crippen LogP contribution in [0.3, 0.4) is 0 Å². The summed E-state index contributed by atoms with van der Waals surface area (Å²) in [6.45, 7) is 14.8. The predicted molar refractivity (Wildman–Crippen MR) is 118 cm³/mol. The third kappa shape index (κ3) is 12.2. The quantitative estimate of drug-likeness (QED) is 0.256. The first-order chi connectivity index (χ1) is 13.2. The molecule has 2 N–H and O–H groups in total. The fourth-order valence-electron chi connectivity index (χ4n) is 3.51. The highest BCUT2D eigenvalue weighted by molar-refractivity contribution is 5.79. The minimum Gasteiger partial charge on any atom is -0.460 e. The summed E-state index contributed by atoms with van der Waals surface area (Å²) in [6.07, 6.45) is 7.03. The number of carbonyl (C=O) groups excluding carboxylic acids is 1. The van der Waals surface area contributed by atoms with Gasteiger partial charge in [0, 0.05) is 45.7 Å². The summed E-state index contributed by atoms with van der Waals surface area (Å²) in [4.78, 5) is 18.6. The van der Waals surface area contributed by atoms with Gasteiger partial charge in [0.05, 0.1) is 0 Å². The number of piperidine rings is 1. The second-order valence-electron chi connectivity index (χ2n) is 9.36. The van der Waals surface area contributed by atoms with Crippen molar-refractivity contribution in [3.63, 3.8) is 0 Å². The molecular formula is C22H44N4O2. The summed E-state index contributed by atoms with van der Waals surface area (Å²) in [7, 11) is 1.84. The van der Waals surface area contributed by atoms with Gasteiger partial charge >= 0.3 is 5.97 Å². The van der Waals surface area contributed by atoms with Gasteiger partial charge in [-0.15, -0.1) is 0 Å². The third-order valence-electron chi connectivity index (χ3n) is 4.80. The first-order valence-electron chi connectivity index (χ1n) is 11.1. The Hall–Kier alpha value is -1.30. The zero-order chi connectivity index (χ0) is 21.0. The molecule has 0 aliphatic carbocycles. The predicted octanol–water partition coefficient (Wildman–Crippen LogP) is 3.56. The minimum absolute atomic E-state index is 0.0883. The van der Waals surface area contributed by atoms with Crippen LogP contribution in [0.25, 0.3) is 0 Å². The molecule has 0 spiro atoms. The normalized spacial score (nSPS) is 17.0. The van der Waals surface area contributed by atoms with Crippen LogP contribution in [0.2, 0.25) is 0 Å². The van der Waals surface area contributed by atoms with Gasteiger partial charge in [-0.1, -0.05) is 26.7 Å². The van der Waals surface area contributed by atoms with E-state index in [-0.39, 0.29) is 11.6 Å². The first kappa shape index (κ1) is 24.7. The number of unbranched alkanes of at least 4 members (excludes halogenated alkanes) is 3. The summed E-state index contributed by atoms with van der Waals surface area (Å²) in [5, 5.41) is 6.99. The van der Waals surface area contributed by atoms with Crippen molar-refractivity contribution in [2.45, 2.75) is 91.2 Å². The molecule has 1 rings (SSSR count). The SMILES string of the molecule is CN=C(NCCCCCCC(=O)OC(C)(C)C)NC1CCN(CC(C)C)CC1. The van der Waals surface area contributed by atoms with E-state index in [1.165, 1.54) is 32.5 Å². The van der Waals surface area contributed by atoms with Crippen LogP contribution in [-0.4, -0.2) is 61.7 Å². The van der Waals surface area contributed by atoms with Gasteiger partial charge < -0.3 is 20.3 Å². The highest BCUT2D eigenvalue weighted by Gasteiger charge is 2.20. The molecule has 1 saturated heterocycles. The Morgan fingerprint density at radius 1 is 1.14 bits per heavy atom. The van der Waals surface area contributed by atoms with E-state index in [1.54, 1.807) is 0 Å². The summed E-state index contributed by atoms with van der Waals surface area (Å²) >= 11 is 0. The van der Waals surface area contributed by atoms with Crippen molar-refractivity contribution in [3.8, 4) is 0 Å². The lowest BCUT2D eigenvalue weighted by Crippen LogP contribution is -2.49. The van der Waals surface area contributed by atoms with Crippen LogP contribution in [-0.2, 0) is 9.53 Å². The fraction of sp³-hybridized carbons (Fsp3) is 0.909. The second-order valence-corrected chi connectivity index (χ2v) is 9.36. The Morgan fingerprint density at radius 3 is 2.36 bits per heavy atom. The molecule has 0 radical (unpaired) electrons. The van der Waals surface area contributed by atoms with Crippen LogP contribution >= 0.6 is 0 Å². The largest absolute Gasteiger partial charge is 0.460 e. The summed E-state index contributed by atoms with van der Waals surface area (Å²) in [6, 6.07) is 0.517. The van der Waals surface area contributed by atoms with Gasteiger partial charge in [-0.25, -0.2) is 0 Å². The Kier molecular flexibility index (Phi) is 11.5. The smallest absolute Gasteiger partial charge is 0.306 e. The van der Waals surface area contributed by atoms with Crippen molar-refractivity contribution in [1.29, 1.82) is 0 Å². The maximum absolute atomic E-state index is 11.7. The van der Waals surface area contributed by atoms with Crippen LogP contribution in [0.5, 0.6) is 0 Å². The Balaban J connectivity index is 2.07. The number of aliphatic imine (C=N–C) groups is 1. The minimum atomic E-state index is -0.380. The zero-order valence-electron chi connectivity index (χ0n) is 19.1. The second kappa shape index (κ2) is 13.0. The van der Waals surface area contributed by atoms with Gasteiger partial charge in [0.15, 0.2) is 5.96 Å². The maximum Gasteiger partial charge on any atom is 0.306 e. The molecule has 0 aromatic rings. The summed E-state index contributed by atoms with van der Waals surface area (Å²) in [5.41, 5.74) is -0.380. The fourth-order valence-corrected chi connectivity index (χ4v) is 3.51. The van der Waals surface area contributed by atoms with E-state index in [0.717, 1.165) is 44.1 Å². The van der Waals surface area contributed by atoms with E-state index < -0.39 is 0 Å². The summed E-state index contributed by atoms with van der Waals surface area (Å²) < 4.78 is 5.33. The van der Waals surface area contributed by atoms with Crippen molar-refractivity contribution in [2.24, 2.45) is 10.9 Å². The van der Waals surface area contributed by atoms with E-state index in [0.29, 0.717) is 12.5 Å². The Bertz CT molecular complexity index is 464.